The predicted molar refractivity (Wildman–Crippen MR) is 72.4 cm³/mol. The number of hydrogen-bond acceptors (Lipinski definition) is 3. The van der Waals surface area contributed by atoms with Crippen LogP contribution in [0.5, 0.6) is 0 Å². The minimum atomic E-state index is -0.866. The summed E-state index contributed by atoms with van der Waals surface area (Å²) in [6, 6.07) is 5.24. The van der Waals surface area contributed by atoms with Crippen molar-refractivity contribution in [3.8, 4) is 0 Å². The lowest BCUT2D eigenvalue weighted by atomic mass is 10.1. The van der Waals surface area contributed by atoms with E-state index in [0.29, 0.717) is 17.6 Å². The van der Waals surface area contributed by atoms with Crippen molar-refractivity contribution in [1.29, 1.82) is 0 Å². The maximum absolute atomic E-state index is 12.6. The first-order chi connectivity index (χ1) is 9.66. The minimum absolute atomic E-state index is 0.00466. The fourth-order valence-corrected chi connectivity index (χ4v) is 2.82. The van der Waals surface area contributed by atoms with Crippen LogP contribution in [0, 0.1) is 0 Å². The van der Waals surface area contributed by atoms with Gasteiger partial charge in [-0.25, -0.2) is 0 Å². The lowest BCUT2D eigenvalue weighted by molar-refractivity contribution is -0.137. The Bertz CT molecular complexity index is 664. The molecule has 3 rings (SSSR count). The molecule has 1 aliphatic heterocycles. The van der Waals surface area contributed by atoms with Gasteiger partial charge in [-0.1, -0.05) is 12.1 Å². The Labute approximate surface area is 115 Å². The van der Waals surface area contributed by atoms with E-state index >= 15 is 0 Å². The number of H-pyrrole nitrogens is 1. The number of carboxylic acid groups (broad SMARTS) is 1. The third-order valence-corrected chi connectivity index (χ3v) is 3.76. The summed E-state index contributed by atoms with van der Waals surface area (Å²) in [5.74, 6) is -0.988. The summed E-state index contributed by atoms with van der Waals surface area (Å²) in [5, 5.41) is 16.6. The van der Waals surface area contributed by atoms with Gasteiger partial charge in [-0.2, -0.15) is 5.10 Å². The lowest BCUT2D eigenvalue weighted by Gasteiger charge is -2.23. The molecular weight excluding hydrogens is 258 g/mol. The number of rotatable bonds is 3. The molecule has 0 saturated carbocycles. The molecule has 1 saturated heterocycles. The predicted octanol–water partition coefficient (Wildman–Crippen LogP) is 1.64. The van der Waals surface area contributed by atoms with Gasteiger partial charge in [0.15, 0.2) is 0 Å². The van der Waals surface area contributed by atoms with E-state index in [0.717, 1.165) is 18.2 Å². The van der Waals surface area contributed by atoms with Crippen molar-refractivity contribution in [3.63, 3.8) is 0 Å². The van der Waals surface area contributed by atoms with Crippen molar-refractivity contribution in [2.24, 2.45) is 0 Å². The number of aromatic nitrogens is 2. The molecule has 1 aromatic heterocycles. The van der Waals surface area contributed by atoms with Gasteiger partial charge in [0.1, 0.15) is 0 Å². The van der Waals surface area contributed by atoms with E-state index in [-0.39, 0.29) is 18.4 Å². The van der Waals surface area contributed by atoms with Gasteiger partial charge in [0.25, 0.3) is 5.91 Å². The van der Waals surface area contributed by atoms with Gasteiger partial charge >= 0.3 is 5.97 Å². The quantitative estimate of drug-likeness (QED) is 0.890. The third kappa shape index (κ3) is 2.13. The third-order valence-electron chi connectivity index (χ3n) is 3.76. The zero-order valence-corrected chi connectivity index (χ0v) is 10.9. The van der Waals surface area contributed by atoms with E-state index in [1.807, 2.05) is 12.1 Å². The highest BCUT2D eigenvalue weighted by atomic mass is 16.4. The molecule has 2 N–H and O–H groups in total. The van der Waals surface area contributed by atoms with E-state index in [4.69, 9.17) is 5.11 Å². The van der Waals surface area contributed by atoms with Crippen LogP contribution in [-0.2, 0) is 4.79 Å². The second-order valence-electron chi connectivity index (χ2n) is 5.03. The second-order valence-corrected chi connectivity index (χ2v) is 5.03. The van der Waals surface area contributed by atoms with E-state index in [1.165, 1.54) is 0 Å². The first kappa shape index (κ1) is 12.7. The monoisotopic (exact) mass is 273 g/mol. The number of nitrogens with zero attached hydrogens (tertiary/aromatic N) is 2. The van der Waals surface area contributed by atoms with Crippen LogP contribution >= 0.6 is 0 Å². The maximum Gasteiger partial charge on any atom is 0.305 e. The largest absolute Gasteiger partial charge is 0.481 e. The van der Waals surface area contributed by atoms with Crippen molar-refractivity contribution in [2.45, 2.75) is 25.3 Å². The molecule has 1 atom stereocenters. The number of hydrogen-bond donors (Lipinski definition) is 2. The molecule has 1 aromatic carbocycles. The number of amides is 1. The van der Waals surface area contributed by atoms with Gasteiger partial charge in [0.05, 0.1) is 23.7 Å². The smallest absolute Gasteiger partial charge is 0.305 e. The fraction of sp³-hybridized carbons (Fsp3) is 0.357. The number of carbonyl (C=O) groups excluding carboxylic acids is 1. The zero-order chi connectivity index (χ0) is 14.1. The summed E-state index contributed by atoms with van der Waals surface area (Å²) < 4.78 is 0. The molecule has 0 radical (unpaired) electrons. The van der Waals surface area contributed by atoms with Gasteiger partial charge in [0, 0.05) is 18.0 Å². The number of carboxylic acids is 1. The van der Waals surface area contributed by atoms with Gasteiger partial charge in [0.2, 0.25) is 0 Å². The molecule has 2 aromatic rings. The Morgan fingerprint density at radius 1 is 1.45 bits per heavy atom. The summed E-state index contributed by atoms with van der Waals surface area (Å²) in [6.45, 7) is 0.612. The number of para-hydroxylation sites is 1. The van der Waals surface area contributed by atoms with Crippen molar-refractivity contribution in [3.05, 3.63) is 30.0 Å². The average molecular weight is 273 g/mol. The van der Waals surface area contributed by atoms with Gasteiger partial charge < -0.3 is 10.0 Å². The van der Waals surface area contributed by atoms with Crippen molar-refractivity contribution < 1.29 is 14.7 Å². The van der Waals surface area contributed by atoms with E-state index in [9.17, 15) is 9.59 Å². The van der Waals surface area contributed by atoms with E-state index < -0.39 is 5.97 Å². The highest BCUT2D eigenvalue weighted by Crippen LogP contribution is 2.25. The van der Waals surface area contributed by atoms with E-state index in [2.05, 4.69) is 10.2 Å². The van der Waals surface area contributed by atoms with Crippen LogP contribution in [0.25, 0.3) is 10.9 Å². The zero-order valence-electron chi connectivity index (χ0n) is 10.9. The summed E-state index contributed by atoms with van der Waals surface area (Å²) in [5.41, 5.74) is 1.26. The molecule has 1 amide bonds. The van der Waals surface area contributed by atoms with Gasteiger partial charge in [-0.15, -0.1) is 0 Å². The highest BCUT2D eigenvalue weighted by Gasteiger charge is 2.31. The first-order valence-electron chi connectivity index (χ1n) is 6.61. The van der Waals surface area contributed by atoms with Crippen molar-refractivity contribution in [1.82, 2.24) is 15.1 Å². The summed E-state index contributed by atoms with van der Waals surface area (Å²) in [7, 11) is 0. The fourth-order valence-electron chi connectivity index (χ4n) is 2.82. The van der Waals surface area contributed by atoms with Crippen molar-refractivity contribution in [2.75, 3.05) is 6.54 Å². The van der Waals surface area contributed by atoms with Gasteiger partial charge in [-0.3, -0.25) is 14.7 Å². The summed E-state index contributed by atoms with van der Waals surface area (Å²) in [6.07, 6.45) is 3.27. The number of aliphatic carboxylic acids is 1. The normalized spacial score (nSPS) is 18.6. The molecule has 0 spiro atoms. The second kappa shape index (κ2) is 4.96. The number of fused-ring (bicyclic) bond motifs is 1. The Balaban J connectivity index is 1.92. The molecular formula is C14H15N3O3. The molecule has 0 aliphatic carbocycles. The highest BCUT2D eigenvalue weighted by molar-refractivity contribution is 6.05. The van der Waals surface area contributed by atoms with Crippen LogP contribution in [0.1, 0.15) is 29.6 Å². The molecule has 1 fully saturated rings. The van der Waals surface area contributed by atoms with Gasteiger partial charge in [-0.05, 0) is 18.9 Å². The summed E-state index contributed by atoms with van der Waals surface area (Å²) in [4.78, 5) is 25.2. The summed E-state index contributed by atoms with van der Waals surface area (Å²) >= 11 is 0. The maximum atomic E-state index is 12.6. The molecule has 6 nitrogen and oxygen atoms in total. The van der Waals surface area contributed by atoms with Crippen LogP contribution in [0.15, 0.2) is 24.4 Å². The Kier molecular flexibility index (Phi) is 3.14. The Morgan fingerprint density at radius 2 is 2.30 bits per heavy atom. The number of benzene rings is 1. The van der Waals surface area contributed by atoms with Crippen LogP contribution < -0.4 is 0 Å². The van der Waals surface area contributed by atoms with Crippen LogP contribution in [0.3, 0.4) is 0 Å². The van der Waals surface area contributed by atoms with E-state index in [1.54, 1.807) is 17.2 Å². The average Bonchev–Trinajstić information content (AvgIpc) is 3.05. The number of carbonyl (C=O) groups is 2. The molecule has 104 valence electrons. The lowest BCUT2D eigenvalue weighted by Crippen LogP contribution is -2.36. The standard InChI is InChI=1S/C14H15N3O3/c18-12(19)7-10-4-2-6-17(10)14(20)11-5-1-3-9-8-15-16-13(9)11/h1,3,5,8,10H,2,4,6-7H2,(H,15,16)(H,18,19). The van der Waals surface area contributed by atoms with Crippen molar-refractivity contribution >= 4 is 22.8 Å². The van der Waals surface area contributed by atoms with Crippen LogP contribution in [0.4, 0.5) is 0 Å². The SMILES string of the molecule is O=C(O)CC1CCCN1C(=O)c1cccc2cn[nH]c12. The first-order valence-corrected chi connectivity index (χ1v) is 6.61. The Morgan fingerprint density at radius 3 is 3.10 bits per heavy atom. The Hall–Kier alpha value is -2.37. The number of likely N-dealkylation sites (tertiary alicyclic amines) is 1. The topological polar surface area (TPSA) is 86.3 Å². The molecule has 6 heteroatoms. The molecule has 1 unspecified atom stereocenters. The van der Waals surface area contributed by atoms with Crippen LogP contribution in [-0.4, -0.2) is 44.7 Å². The molecule has 20 heavy (non-hydrogen) atoms. The molecule has 0 bridgehead atoms. The molecule has 2 heterocycles. The number of nitrogens with one attached hydrogen (secondary N) is 1. The minimum Gasteiger partial charge on any atom is -0.481 e. The number of aromatic amines is 1. The molecule has 1 aliphatic rings. The van der Waals surface area contributed by atoms with Crippen LogP contribution in [0.2, 0.25) is 0 Å².